The van der Waals surface area contributed by atoms with E-state index in [1.165, 1.54) is 5.56 Å². The van der Waals surface area contributed by atoms with Crippen LogP contribution in [0.2, 0.25) is 5.02 Å². The van der Waals surface area contributed by atoms with E-state index in [1.54, 1.807) is 0 Å². The van der Waals surface area contributed by atoms with Crippen LogP contribution in [0.15, 0.2) is 24.3 Å². The fraction of sp³-hybridized carbons (Fsp3) is 0.500. The molecule has 0 aliphatic carbocycles. The van der Waals surface area contributed by atoms with E-state index in [4.69, 9.17) is 11.6 Å². The van der Waals surface area contributed by atoms with E-state index >= 15 is 0 Å². The first-order valence-electron chi connectivity index (χ1n) is 4.94. The summed E-state index contributed by atoms with van der Waals surface area (Å²) in [5, 5.41) is 1.89. The maximum atomic E-state index is 5.94. The highest BCUT2D eigenvalue weighted by Crippen LogP contribution is 2.21. The predicted molar refractivity (Wildman–Crippen MR) is 67.3 cm³/mol. The Bertz CT molecular complexity index is 283. The Labute approximate surface area is 99.8 Å². The van der Waals surface area contributed by atoms with Gasteiger partial charge in [-0.2, -0.15) is 0 Å². The van der Waals surface area contributed by atoms with Crippen LogP contribution in [-0.4, -0.2) is 5.33 Å². The molecule has 0 spiro atoms. The van der Waals surface area contributed by atoms with E-state index in [0.717, 1.165) is 16.8 Å². The van der Waals surface area contributed by atoms with E-state index in [1.807, 2.05) is 12.1 Å². The molecular weight excluding hydrogens is 259 g/mol. The van der Waals surface area contributed by atoms with Crippen molar-refractivity contribution in [3.8, 4) is 0 Å². The van der Waals surface area contributed by atoms with Crippen LogP contribution in [0.1, 0.15) is 19.4 Å². The molecule has 0 amide bonds. The van der Waals surface area contributed by atoms with Crippen molar-refractivity contribution in [2.45, 2.75) is 20.3 Å². The van der Waals surface area contributed by atoms with Gasteiger partial charge in [0.05, 0.1) is 0 Å². The van der Waals surface area contributed by atoms with Gasteiger partial charge in [-0.25, -0.2) is 0 Å². The maximum absolute atomic E-state index is 5.94. The zero-order valence-corrected chi connectivity index (χ0v) is 11.0. The normalized spacial score (nSPS) is 13.2. The average Bonchev–Trinajstić information content (AvgIpc) is 2.14. The highest BCUT2D eigenvalue weighted by atomic mass is 79.9. The Morgan fingerprint density at radius 3 is 2.57 bits per heavy atom. The van der Waals surface area contributed by atoms with Gasteiger partial charge in [-0.3, -0.25) is 0 Å². The third-order valence-corrected chi connectivity index (χ3v) is 3.59. The second kappa shape index (κ2) is 5.77. The molecule has 0 aliphatic rings. The van der Waals surface area contributed by atoms with Crippen LogP contribution in [0.3, 0.4) is 0 Å². The zero-order chi connectivity index (χ0) is 10.6. The number of hydrogen-bond acceptors (Lipinski definition) is 0. The van der Waals surface area contributed by atoms with Crippen molar-refractivity contribution < 1.29 is 0 Å². The second-order valence-electron chi connectivity index (χ2n) is 3.99. The van der Waals surface area contributed by atoms with Crippen molar-refractivity contribution in [3.05, 3.63) is 34.9 Å². The first kappa shape index (κ1) is 12.1. The summed E-state index contributed by atoms with van der Waals surface area (Å²) < 4.78 is 0. The minimum atomic E-state index is 0.688. The predicted octanol–water partition coefficient (Wildman–Crippen LogP) is 4.55. The molecular formula is C12H16BrCl. The lowest BCUT2D eigenvalue weighted by atomic mass is 9.91. The first-order valence-corrected chi connectivity index (χ1v) is 6.44. The quantitative estimate of drug-likeness (QED) is 0.707. The van der Waals surface area contributed by atoms with Crippen molar-refractivity contribution in [1.82, 2.24) is 0 Å². The molecule has 2 heteroatoms. The van der Waals surface area contributed by atoms with Crippen LogP contribution >= 0.6 is 27.5 Å². The summed E-state index contributed by atoms with van der Waals surface area (Å²) in [6.07, 6.45) is 1.10. The van der Waals surface area contributed by atoms with E-state index in [0.29, 0.717) is 11.8 Å². The monoisotopic (exact) mass is 274 g/mol. The van der Waals surface area contributed by atoms with E-state index < -0.39 is 0 Å². The summed E-state index contributed by atoms with van der Waals surface area (Å²) >= 11 is 9.50. The van der Waals surface area contributed by atoms with Crippen molar-refractivity contribution in [2.75, 3.05) is 5.33 Å². The average molecular weight is 276 g/mol. The Morgan fingerprint density at radius 1 is 1.36 bits per heavy atom. The van der Waals surface area contributed by atoms with Gasteiger partial charge in [0.2, 0.25) is 0 Å². The summed E-state index contributed by atoms with van der Waals surface area (Å²) in [4.78, 5) is 0. The Kier molecular flexibility index (Phi) is 4.97. The summed E-state index contributed by atoms with van der Waals surface area (Å²) in [6.45, 7) is 4.52. The number of alkyl halides is 1. The third kappa shape index (κ3) is 3.62. The smallest absolute Gasteiger partial charge is 0.0408 e. The molecule has 1 aromatic carbocycles. The molecule has 0 saturated carbocycles. The molecule has 0 fully saturated rings. The Hall–Kier alpha value is -0.0100. The zero-order valence-electron chi connectivity index (χ0n) is 8.63. The van der Waals surface area contributed by atoms with Crippen LogP contribution in [0.25, 0.3) is 0 Å². The molecule has 0 bridgehead atoms. The summed E-state index contributed by atoms with van der Waals surface area (Å²) in [5.74, 6) is 1.39. The molecule has 0 N–H and O–H groups in total. The molecule has 0 heterocycles. The minimum absolute atomic E-state index is 0.688. The van der Waals surface area contributed by atoms with Gasteiger partial charge in [-0.05, 0) is 36.0 Å². The van der Waals surface area contributed by atoms with Crippen molar-refractivity contribution in [3.63, 3.8) is 0 Å². The maximum Gasteiger partial charge on any atom is 0.0408 e. The molecule has 0 saturated heterocycles. The second-order valence-corrected chi connectivity index (χ2v) is 5.08. The van der Waals surface area contributed by atoms with Crippen molar-refractivity contribution >= 4 is 27.5 Å². The fourth-order valence-corrected chi connectivity index (χ4v) is 2.62. The molecule has 1 atom stereocenters. The highest BCUT2D eigenvalue weighted by molar-refractivity contribution is 9.09. The highest BCUT2D eigenvalue weighted by Gasteiger charge is 2.12. The SMILES string of the molecule is CC(C)C(CBr)Cc1cccc(Cl)c1. The molecule has 1 aromatic rings. The summed E-state index contributed by atoms with van der Waals surface area (Å²) in [5.41, 5.74) is 1.33. The standard InChI is InChI=1S/C12H16BrCl/c1-9(2)11(8-13)6-10-4-3-5-12(14)7-10/h3-5,7,9,11H,6,8H2,1-2H3. The van der Waals surface area contributed by atoms with E-state index in [2.05, 4.69) is 41.9 Å². The number of benzene rings is 1. The van der Waals surface area contributed by atoms with Gasteiger partial charge >= 0.3 is 0 Å². The Morgan fingerprint density at radius 2 is 2.07 bits per heavy atom. The fourth-order valence-electron chi connectivity index (χ4n) is 1.44. The number of halogens is 2. The molecule has 0 nitrogen and oxygen atoms in total. The number of rotatable bonds is 4. The van der Waals surface area contributed by atoms with Gasteiger partial charge in [0.1, 0.15) is 0 Å². The lowest BCUT2D eigenvalue weighted by Gasteiger charge is -2.18. The lowest BCUT2D eigenvalue weighted by Crippen LogP contribution is -2.13. The topological polar surface area (TPSA) is 0 Å². The first-order chi connectivity index (χ1) is 6.63. The molecule has 78 valence electrons. The van der Waals surface area contributed by atoms with Crippen LogP contribution in [-0.2, 0) is 6.42 Å². The summed E-state index contributed by atoms with van der Waals surface area (Å²) in [7, 11) is 0. The van der Waals surface area contributed by atoms with Gasteiger partial charge in [0.25, 0.3) is 0 Å². The molecule has 1 unspecified atom stereocenters. The Balaban J connectivity index is 2.67. The molecule has 0 aliphatic heterocycles. The number of hydrogen-bond donors (Lipinski definition) is 0. The van der Waals surface area contributed by atoms with Crippen molar-refractivity contribution in [1.29, 1.82) is 0 Å². The van der Waals surface area contributed by atoms with Gasteiger partial charge in [0, 0.05) is 10.4 Å². The summed E-state index contributed by atoms with van der Waals surface area (Å²) in [6, 6.07) is 8.14. The van der Waals surface area contributed by atoms with Crippen molar-refractivity contribution in [2.24, 2.45) is 11.8 Å². The van der Waals surface area contributed by atoms with Crippen LogP contribution in [0.4, 0.5) is 0 Å². The van der Waals surface area contributed by atoms with Gasteiger partial charge in [-0.15, -0.1) is 0 Å². The van der Waals surface area contributed by atoms with Crippen LogP contribution < -0.4 is 0 Å². The molecule has 1 rings (SSSR count). The lowest BCUT2D eigenvalue weighted by molar-refractivity contribution is 0.427. The van der Waals surface area contributed by atoms with E-state index in [9.17, 15) is 0 Å². The van der Waals surface area contributed by atoms with Gasteiger partial charge < -0.3 is 0 Å². The van der Waals surface area contributed by atoms with Gasteiger partial charge in [-0.1, -0.05) is 53.5 Å². The molecule has 0 radical (unpaired) electrons. The molecule has 0 aromatic heterocycles. The van der Waals surface area contributed by atoms with Gasteiger partial charge in [0.15, 0.2) is 0 Å². The molecule has 14 heavy (non-hydrogen) atoms. The van der Waals surface area contributed by atoms with E-state index in [-0.39, 0.29) is 0 Å². The third-order valence-electron chi connectivity index (χ3n) is 2.53. The van der Waals surface area contributed by atoms with Crippen LogP contribution in [0, 0.1) is 11.8 Å². The largest absolute Gasteiger partial charge is 0.0925 e. The minimum Gasteiger partial charge on any atom is -0.0925 e. The van der Waals surface area contributed by atoms with Crippen LogP contribution in [0.5, 0.6) is 0 Å².